The van der Waals surface area contributed by atoms with Crippen LogP contribution in [0, 0.1) is 0 Å². The van der Waals surface area contributed by atoms with Crippen LogP contribution in [-0.4, -0.2) is 45.0 Å². The van der Waals surface area contributed by atoms with Gasteiger partial charge in [-0.05, 0) is 18.9 Å². The molecule has 0 aliphatic carbocycles. The molecule has 0 unspecified atom stereocenters. The van der Waals surface area contributed by atoms with Gasteiger partial charge in [0.25, 0.3) is 5.91 Å². The molecule has 0 aromatic carbocycles. The number of hydrogen-bond donors (Lipinski definition) is 1. The Bertz CT molecular complexity index is 681. The van der Waals surface area contributed by atoms with Gasteiger partial charge in [0.15, 0.2) is 0 Å². The van der Waals surface area contributed by atoms with E-state index in [1.54, 1.807) is 23.5 Å². The number of rotatable bonds is 3. The summed E-state index contributed by atoms with van der Waals surface area (Å²) in [6.45, 7) is 1.17. The topological polar surface area (TPSA) is 88.2 Å². The Hall–Kier alpha value is -2.70. The molecular formula is C15H16N4O3. The van der Waals surface area contributed by atoms with Crippen molar-refractivity contribution >= 4 is 5.91 Å². The number of nitrogens with zero attached hydrogens (tertiary/aromatic N) is 3. The van der Waals surface area contributed by atoms with Gasteiger partial charge >= 0.3 is 0 Å². The number of H-pyrrole nitrogens is 1. The second-order valence-corrected chi connectivity index (χ2v) is 5.12. The van der Waals surface area contributed by atoms with Crippen molar-refractivity contribution in [1.82, 2.24) is 19.9 Å². The first-order chi connectivity index (χ1) is 10.7. The van der Waals surface area contributed by atoms with Crippen molar-refractivity contribution in [3.63, 3.8) is 0 Å². The summed E-state index contributed by atoms with van der Waals surface area (Å²) in [6, 6.07) is 2.89. The van der Waals surface area contributed by atoms with Crippen LogP contribution < -0.4 is 10.3 Å². The van der Waals surface area contributed by atoms with Gasteiger partial charge in [-0.3, -0.25) is 14.6 Å². The van der Waals surface area contributed by atoms with Gasteiger partial charge < -0.3 is 14.6 Å². The molecule has 1 aliphatic heterocycles. The van der Waals surface area contributed by atoms with Gasteiger partial charge in [-0.1, -0.05) is 0 Å². The summed E-state index contributed by atoms with van der Waals surface area (Å²) >= 11 is 0. The molecule has 0 spiro atoms. The van der Waals surface area contributed by atoms with Crippen LogP contribution in [0.4, 0.5) is 0 Å². The van der Waals surface area contributed by atoms with Crippen LogP contribution in [-0.2, 0) is 0 Å². The zero-order valence-corrected chi connectivity index (χ0v) is 11.9. The van der Waals surface area contributed by atoms with Crippen LogP contribution in [0.3, 0.4) is 0 Å². The van der Waals surface area contributed by atoms with Crippen LogP contribution in [0.5, 0.6) is 5.88 Å². The van der Waals surface area contributed by atoms with Crippen molar-refractivity contribution in [3.05, 3.63) is 52.8 Å². The van der Waals surface area contributed by atoms with Crippen LogP contribution in [0.1, 0.15) is 23.2 Å². The standard InChI is InChI=1S/C15H16N4O3/c20-13-4-3-11(8-18-13)15(21)19-7-1-2-12(10-19)22-14-9-16-5-6-17-14/h3-6,8-9,12H,1-2,7,10H2,(H,18,20)/t12-/m1/s1. The molecule has 0 saturated carbocycles. The summed E-state index contributed by atoms with van der Waals surface area (Å²) in [5.74, 6) is 0.356. The monoisotopic (exact) mass is 300 g/mol. The number of hydrogen-bond acceptors (Lipinski definition) is 5. The highest BCUT2D eigenvalue weighted by Gasteiger charge is 2.26. The Morgan fingerprint density at radius 2 is 2.27 bits per heavy atom. The molecule has 7 nitrogen and oxygen atoms in total. The third-order valence-corrected chi connectivity index (χ3v) is 3.52. The van der Waals surface area contributed by atoms with E-state index in [1.165, 1.54) is 18.3 Å². The number of aromatic amines is 1. The summed E-state index contributed by atoms with van der Waals surface area (Å²) in [5.41, 5.74) is 0.249. The van der Waals surface area contributed by atoms with Crippen LogP contribution in [0.2, 0.25) is 0 Å². The molecule has 1 saturated heterocycles. The highest BCUT2D eigenvalue weighted by Crippen LogP contribution is 2.17. The van der Waals surface area contributed by atoms with E-state index in [1.807, 2.05) is 0 Å². The van der Waals surface area contributed by atoms with E-state index in [4.69, 9.17) is 4.74 Å². The second-order valence-electron chi connectivity index (χ2n) is 5.12. The Labute approximate surface area is 127 Å². The smallest absolute Gasteiger partial charge is 0.255 e. The lowest BCUT2D eigenvalue weighted by Crippen LogP contribution is -2.44. The van der Waals surface area contributed by atoms with Crippen molar-refractivity contribution in [2.24, 2.45) is 0 Å². The number of pyridine rings is 1. The zero-order chi connectivity index (χ0) is 15.4. The molecule has 0 bridgehead atoms. The first-order valence-corrected chi connectivity index (χ1v) is 7.13. The second kappa shape index (κ2) is 6.38. The summed E-state index contributed by atoms with van der Waals surface area (Å²) < 4.78 is 5.77. The van der Waals surface area contributed by atoms with Crippen molar-refractivity contribution in [1.29, 1.82) is 0 Å². The lowest BCUT2D eigenvalue weighted by atomic mass is 10.1. The number of aromatic nitrogens is 3. The zero-order valence-electron chi connectivity index (χ0n) is 11.9. The molecule has 1 fully saturated rings. The van der Waals surface area contributed by atoms with E-state index < -0.39 is 0 Å². The number of likely N-dealkylation sites (tertiary alicyclic amines) is 1. The Morgan fingerprint density at radius 1 is 1.36 bits per heavy atom. The van der Waals surface area contributed by atoms with Crippen LogP contribution >= 0.6 is 0 Å². The number of piperidine rings is 1. The molecule has 1 aliphatic rings. The van der Waals surface area contributed by atoms with Gasteiger partial charge in [0.05, 0.1) is 18.3 Å². The summed E-state index contributed by atoms with van der Waals surface area (Å²) in [4.78, 5) is 35.8. The van der Waals surface area contributed by atoms with E-state index in [9.17, 15) is 9.59 Å². The Morgan fingerprint density at radius 3 is 3.00 bits per heavy atom. The molecule has 7 heteroatoms. The van der Waals surface area contributed by atoms with Crippen molar-refractivity contribution in [2.45, 2.75) is 18.9 Å². The first kappa shape index (κ1) is 14.2. The molecule has 1 N–H and O–H groups in total. The van der Waals surface area contributed by atoms with Crippen LogP contribution in [0.15, 0.2) is 41.7 Å². The number of amides is 1. The molecule has 0 radical (unpaired) electrons. The van der Waals surface area contributed by atoms with E-state index in [0.29, 0.717) is 24.5 Å². The minimum atomic E-state index is -0.223. The molecule has 3 heterocycles. The third kappa shape index (κ3) is 3.30. The lowest BCUT2D eigenvalue weighted by molar-refractivity contribution is 0.0526. The predicted octanol–water partition coefficient (Wildman–Crippen LogP) is 0.848. The van der Waals surface area contributed by atoms with Gasteiger partial charge in [0.2, 0.25) is 11.4 Å². The van der Waals surface area contributed by atoms with Crippen molar-refractivity contribution < 1.29 is 9.53 Å². The summed E-state index contributed by atoms with van der Waals surface area (Å²) in [7, 11) is 0. The van der Waals surface area contributed by atoms with E-state index >= 15 is 0 Å². The highest BCUT2D eigenvalue weighted by atomic mass is 16.5. The molecule has 3 rings (SSSR count). The predicted molar refractivity (Wildman–Crippen MR) is 78.6 cm³/mol. The Balaban J connectivity index is 1.66. The quantitative estimate of drug-likeness (QED) is 0.908. The molecule has 1 atom stereocenters. The molecule has 22 heavy (non-hydrogen) atoms. The average Bonchev–Trinajstić information content (AvgIpc) is 2.56. The number of ether oxygens (including phenoxy) is 1. The van der Waals surface area contributed by atoms with Crippen molar-refractivity contribution in [3.8, 4) is 5.88 Å². The van der Waals surface area contributed by atoms with Crippen molar-refractivity contribution in [2.75, 3.05) is 13.1 Å². The van der Waals surface area contributed by atoms with Gasteiger partial charge in [-0.15, -0.1) is 0 Å². The largest absolute Gasteiger partial charge is 0.471 e. The fourth-order valence-corrected chi connectivity index (χ4v) is 2.46. The molecule has 114 valence electrons. The van der Waals surface area contributed by atoms with E-state index in [2.05, 4.69) is 15.0 Å². The first-order valence-electron chi connectivity index (χ1n) is 7.13. The van der Waals surface area contributed by atoms with Gasteiger partial charge in [0, 0.05) is 31.2 Å². The molecule has 2 aromatic heterocycles. The lowest BCUT2D eigenvalue weighted by Gasteiger charge is -2.32. The maximum absolute atomic E-state index is 12.4. The average molecular weight is 300 g/mol. The molecule has 1 amide bonds. The van der Waals surface area contributed by atoms with Gasteiger partial charge in [-0.2, -0.15) is 0 Å². The fraction of sp³-hybridized carbons (Fsp3) is 0.333. The Kier molecular flexibility index (Phi) is 4.13. The maximum Gasteiger partial charge on any atom is 0.255 e. The number of carbonyl (C=O) groups excluding carboxylic acids is 1. The molecular weight excluding hydrogens is 284 g/mol. The third-order valence-electron chi connectivity index (χ3n) is 3.52. The summed E-state index contributed by atoms with van der Waals surface area (Å²) in [5, 5.41) is 0. The minimum Gasteiger partial charge on any atom is -0.471 e. The van der Waals surface area contributed by atoms with E-state index in [-0.39, 0.29) is 17.6 Å². The van der Waals surface area contributed by atoms with E-state index in [0.717, 1.165) is 12.8 Å². The minimum absolute atomic E-state index is 0.0999. The highest BCUT2D eigenvalue weighted by molar-refractivity contribution is 5.93. The maximum atomic E-state index is 12.4. The number of carbonyl (C=O) groups is 1. The van der Waals surface area contributed by atoms with Gasteiger partial charge in [-0.25, -0.2) is 4.98 Å². The fourth-order valence-electron chi connectivity index (χ4n) is 2.46. The van der Waals surface area contributed by atoms with Gasteiger partial charge in [0.1, 0.15) is 6.10 Å². The summed E-state index contributed by atoms with van der Waals surface area (Å²) in [6.07, 6.45) is 7.78. The normalized spacial score (nSPS) is 18.0. The number of nitrogens with one attached hydrogen (secondary N) is 1. The SMILES string of the molecule is O=C(c1ccc(=O)[nH]c1)N1CCC[C@@H](Oc2cnccn2)C1. The molecule has 2 aromatic rings. The van der Waals surface area contributed by atoms with Crippen LogP contribution in [0.25, 0.3) is 0 Å².